The summed E-state index contributed by atoms with van der Waals surface area (Å²) in [6.07, 6.45) is -4.35. The van der Waals surface area contributed by atoms with Crippen LogP contribution in [-0.2, 0) is 17.5 Å². The van der Waals surface area contributed by atoms with E-state index >= 15 is 0 Å². The van der Waals surface area contributed by atoms with Crippen LogP contribution in [-0.4, -0.2) is 22.8 Å². The lowest BCUT2D eigenvalue weighted by Crippen LogP contribution is -2.06. The lowest BCUT2D eigenvalue weighted by Gasteiger charge is -2.07. The fraction of sp³-hybridized carbons (Fsp3) is 0.417. The fourth-order valence-electron chi connectivity index (χ4n) is 1.86. The highest BCUT2D eigenvalue weighted by Gasteiger charge is 2.30. The van der Waals surface area contributed by atoms with Gasteiger partial charge in [-0.15, -0.1) is 0 Å². The zero-order chi connectivity index (χ0) is 14.0. The summed E-state index contributed by atoms with van der Waals surface area (Å²) in [5, 5.41) is 0. The van der Waals surface area contributed by atoms with E-state index in [-0.39, 0.29) is 0 Å². The number of hydrogen-bond donors (Lipinski definition) is 1. The first-order valence-electron chi connectivity index (χ1n) is 5.81. The van der Waals surface area contributed by atoms with Crippen LogP contribution in [0.15, 0.2) is 18.2 Å². The molecule has 104 valence electrons. The standard InChI is InChI=1S/C12H13F3N2OS/c1-2-18-6-5-17-10-4-3-8(12(13,14)15)7-9(10)16-11(17)19/h3-4,7H,2,5-6H2,1H3,(H,16,19). The van der Waals surface area contributed by atoms with Gasteiger partial charge in [0.15, 0.2) is 4.77 Å². The molecule has 0 aliphatic rings. The minimum Gasteiger partial charge on any atom is -0.380 e. The molecule has 0 atom stereocenters. The maximum absolute atomic E-state index is 12.6. The number of imidazole rings is 1. The van der Waals surface area contributed by atoms with Crippen LogP contribution in [0, 0.1) is 4.77 Å². The predicted molar refractivity (Wildman–Crippen MR) is 68.6 cm³/mol. The molecular weight excluding hydrogens is 277 g/mol. The molecule has 0 amide bonds. The molecule has 1 heterocycles. The van der Waals surface area contributed by atoms with Gasteiger partial charge >= 0.3 is 6.18 Å². The van der Waals surface area contributed by atoms with E-state index in [1.165, 1.54) is 6.07 Å². The topological polar surface area (TPSA) is 29.9 Å². The van der Waals surface area contributed by atoms with Gasteiger partial charge in [0.05, 0.1) is 23.2 Å². The smallest absolute Gasteiger partial charge is 0.380 e. The van der Waals surface area contributed by atoms with Crippen molar-refractivity contribution in [3.05, 3.63) is 28.5 Å². The van der Waals surface area contributed by atoms with Crippen molar-refractivity contribution >= 4 is 23.3 Å². The third kappa shape index (κ3) is 2.98. The number of aromatic nitrogens is 2. The van der Waals surface area contributed by atoms with Gasteiger partial charge < -0.3 is 14.3 Å². The number of hydrogen-bond acceptors (Lipinski definition) is 2. The van der Waals surface area contributed by atoms with E-state index in [4.69, 9.17) is 17.0 Å². The molecule has 1 aromatic heterocycles. The maximum atomic E-state index is 12.6. The zero-order valence-electron chi connectivity index (χ0n) is 10.3. The molecule has 1 aromatic carbocycles. The van der Waals surface area contributed by atoms with Gasteiger partial charge in [0.2, 0.25) is 0 Å². The normalized spacial score (nSPS) is 12.2. The Morgan fingerprint density at radius 2 is 2.11 bits per heavy atom. The Hall–Kier alpha value is -1.34. The lowest BCUT2D eigenvalue weighted by atomic mass is 10.2. The van der Waals surface area contributed by atoms with Crippen molar-refractivity contribution in [3.8, 4) is 0 Å². The first-order valence-corrected chi connectivity index (χ1v) is 6.22. The van der Waals surface area contributed by atoms with E-state index in [1.54, 1.807) is 4.57 Å². The lowest BCUT2D eigenvalue weighted by molar-refractivity contribution is -0.137. The molecule has 1 N–H and O–H groups in total. The number of H-pyrrole nitrogens is 1. The van der Waals surface area contributed by atoms with E-state index in [2.05, 4.69) is 4.98 Å². The Labute approximate surface area is 113 Å². The summed E-state index contributed by atoms with van der Waals surface area (Å²) in [5.41, 5.74) is 0.349. The molecule has 0 fully saturated rings. The van der Waals surface area contributed by atoms with Crippen molar-refractivity contribution in [2.75, 3.05) is 13.2 Å². The zero-order valence-corrected chi connectivity index (χ0v) is 11.1. The molecule has 0 bridgehead atoms. The second-order valence-corrected chi connectivity index (χ2v) is 4.40. The van der Waals surface area contributed by atoms with Crippen molar-refractivity contribution in [3.63, 3.8) is 0 Å². The number of halogens is 3. The van der Waals surface area contributed by atoms with E-state index in [1.807, 2.05) is 6.92 Å². The number of nitrogens with one attached hydrogen (secondary N) is 1. The molecule has 2 aromatic rings. The Bertz CT molecular complexity index is 630. The minimum atomic E-state index is -4.35. The first-order chi connectivity index (χ1) is 8.93. The van der Waals surface area contributed by atoms with Crippen LogP contribution in [0.4, 0.5) is 13.2 Å². The summed E-state index contributed by atoms with van der Waals surface area (Å²) in [6.45, 7) is 3.45. The number of ether oxygens (including phenoxy) is 1. The Morgan fingerprint density at radius 1 is 1.37 bits per heavy atom. The molecule has 7 heteroatoms. The Balaban J connectivity index is 2.40. The Kier molecular flexibility index (Phi) is 3.96. The molecule has 0 aliphatic carbocycles. The van der Waals surface area contributed by atoms with Crippen LogP contribution in [0.2, 0.25) is 0 Å². The summed E-state index contributed by atoms with van der Waals surface area (Å²) in [5.74, 6) is 0. The van der Waals surface area contributed by atoms with Gasteiger partial charge in [-0.1, -0.05) is 0 Å². The predicted octanol–water partition coefficient (Wildman–Crippen LogP) is 3.75. The highest BCUT2D eigenvalue weighted by Crippen LogP contribution is 2.31. The number of aromatic amines is 1. The summed E-state index contributed by atoms with van der Waals surface area (Å²) in [7, 11) is 0. The molecule has 0 saturated heterocycles. The van der Waals surface area contributed by atoms with Crippen LogP contribution in [0.5, 0.6) is 0 Å². The Morgan fingerprint density at radius 3 is 2.74 bits per heavy atom. The molecule has 0 aliphatic heterocycles. The molecule has 19 heavy (non-hydrogen) atoms. The molecule has 3 nitrogen and oxygen atoms in total. The van der Waals surface area contributed by atoms with E-state index in [0.29, 0.717) is 35.6 Å². The van der Waals surface area contributed by atoms with Crippen LogP contribution >= 0.6 is 12.2 Å². The molecule has 0 radical (unpaired) electrons. The van der Waals surface area contributed by atoms with Gasteiger partial charge in [-0.25, -0.2) is 0 Å². The highest BCUT2D eigenvalue weighted by atomic mass is 32.1. The quantitative estimate of drug-likeness (QED) is 0.686. The van der Waals surface area contributed by atoms with Gasteiger partial charge in [0.1, 0.15) is 0 Å². The van der Waals surface area contributed by atoms with Gasteiger partial charge in [-0.05, 0) is 37.3 Å². The summed E-state index contributed by atoms with van der Waals surface area (Å²) >= 11 is 5.11. The van der Waals surface area contributed by atoms with Crippen LogP contribution in [0.25, 0.3) is 11.0 Å². The number of rotatable bonds is 4. The third-order valence-corrected chi connectivity index (χ3v) is 3.09. The van der Waals surface area contributed by atoms with Gasteiger partial charge in [0, 0.05) is 13.2 Å². The average Bonchev–Trinajstić information content (AvgIpc) is 2.64. The van der Waals surface area contributed by atoms with Gasteiger partial charge in [0.25, 0.3) is 0 Å². The van der Waals surface area contributed by atoms with Crippen molar-refractivity contribution in [1.29, 1.82) is 0 Å². The van der Waals surface area contributed by atoms with E-state index < -0.39 is 11.7 Å². The number of nitrogens with zero attached hydrogens (tertiary/aromatic N) is 1. The molecule has 0 unspecified atom stereocenters. The molecule has 2 rings (SSSR count). The monoisotopic (exact) mass is 290 g/mol. The number of benzene rings is 1. The maximum Gasteiger partial charge on any atom is 0.416 e. The van der Waals surface area contributed by atoms with Crippen molar-refractivity contribution < 1.29 is 17.9 Å². The number of alkyl halides is 3. The average molecular weight is 290 g/mol. The van der Waals surface area contributed by atoms with Crippen molar-refractivity contribution in [1.82, 2.24) is 9.55 Å². The fourth-order valence-corrected chi connectivity index (χ4v) is 2.16. The number of fused-ring (bicyclic) bond motifs is 1. The van der Waals surface area contributed by atoms with E-state index in [9.17, 15) is 13.2 Å². The van der Waals surface area contributed by atoms with Crippen LogP contribution < -0.4 is 0 Å². The summed E-state index contributed by atoms with van der Waals surface area (Å²) in [4.78, 5) is 2.79. The van der Waals surface area contributed by atoms with Gasteiger partial charge in [-0.2, -0.15) is 13.2 Å². The van der Waals surface area contributed by atoms with Crippen molar-refractivity contribution in [2.45, 2.75) is 19.6 Å². The highest BCUT2D eigenvalue weighted by molar-refractivity contribution is 7.71. The summed E-state index contributed by atoms with van der Waals surface area (Å²) < 4.78 is 45.2. The molecule has 0 saturated carbocycles. The van der Waals surface area contributed by atoms with Crippen LogP contribution in [0.1, 0.15) is 12.5 Å². The van der Waals surface area contributed by atoms with Crippen LogP contribution in [0.3, 0.4) is 0 Å². The second-order valence-electron chi connectivity index (χ2n) is 4.01. The first kappa shape index (κ1) is 14.1. The minimum absolute atomic E-state index is 0.385. The van der Waals surface area contributed by atoms with Gasteiger partial charge in [-0.3, -0.25) is 0 Å². The SMILES string of the molecule is CCOCCn1c(=S)[nH]c2cc(C(F)(F)F)ccc21. The van der Waals surface area contributed by atoms with Crippen molar-refractivity contribution in [2.24, 2.45) is 0 Å². The second kappa shape index (κ2) is 5.34. The largest absolute Gasteiger partial charge is 0.416 e. The van der Waals surface area contributed by atoms with E-state index in [0.717, 1.165) is 12.1 Å². The summed E-state index contributed by atoms with van der Waals surface area (Å²) in [6, 6.07) is 3.56. The molecular formula is C12H13F3N2OS. The molecule has 0 spiro atoms. The third-order valence-electron chi connectivity index (χ3n) is 2.76.